The maximum Gasteiger partial charge on any atom is 0.0318 e. The SMILES string of the molecule is CCC(NCC1(CC)CCC1)c1cccc(Br)c1. The normalized spacial score (nSPS) is 19.3. The first-order valence-electron chi connectivity index (χ1n) is 7.18. The highest BCUT2D eigenvalue weighted by Crippen LogP contribution is 2.43. The summed E-state index contributed by atoms with van der Waals surface area (Å²) in [6.07, 6.45) is 6.70. The molecule has 0 heterocycles. The molecule has 1 nitrogen and oxygen atoms in total. The third-order valence-electron chi connectivity index (χ3n) is 4.55. The minimum atomic E-state index is 0.492. The highest BCUT2D eigenvalue weighted by molar-refractivity contribution is 9.10. The molecule has 1 unspecified atom stereocenters. The molecule has 1 saturated carbocycles. The molecule has 1 aromatic carbocycles. The number of rotatable bonds is 6. The van der Waals surface area contributed by atoms with E-state index in [1.165, 1.54) is 42.3 Å². The van der Waals surface area contributed by atoms with Crippen LogP contribution in [0.25, 0.3) is 0 Å². The van der Waals surface area contributed by atoms with Crippen LogP contribution in [-0.2, 0) is 0 Å². The van der Waals surface area contributed by atoms with Crippen molar-refractivity contribution in [2.24, 2.45) is 5.41 Å². The topological polar surface area (TPSA) is 12.0 Å². The van der Waals surface area contributed by atoms with Crippen LogP contribution in [-0.4, -0.2) is 6.54 Å². The van der Waals surface area contributed by atoms with Crippen LogP contribution in [0.15, 0.2) is 28.7 Å². The van der Waals surface area contributed by atoms with Gasteiger partial charge in [-0.05, 0) is 48.8 Å². The smallest absolute Gasteiger partial charge is 0.0318 e. The van der Waals surface area contributed by atoms with Gasteiger partial charge in [-0.3, -0.25) is 0 Å². The summed E-state index contributed by atoms with van der Waals surface area (Å²) >= 11 is 3.56. The van der Waals surface area contributed by atoms with Crippen LogP contribution >= 0.6 is 15.9 Å². The summed E-state index contributed by atoms with van der Waals surface area (Å²) in [5.74, 6) is 0. The Morgan fingerprint density at radius 3 is 2.61 bits per heavy atom. The predicted octanol–water partition coefficient (Wildman–Crippen LogP) is 5.07. The summed E-state index contributed by atoms with van der Waals surface area (Å²) in [5, 5.41) is 3.79. The van der Waals surface area contributed by atoms with Crippen molar-refractivity contribution < 1.29 is 0 Å². The molecule has 1 N–H and O–H groups in total. The summed E-state index contributed by atoms with van der Waals surface area (Å²) in [4.78, 5) is 0. The zero-order valence-corrected chi connectivity index (χ0v) is 13.1. The number of halogens is 1. The van der Waals surface area contributed by atoms with Gasteiger partial charge in [0, 0.05) is 17.1 Å². The molecule has 18 heavy (non-hydrogen) atoms. The fourth-order valence-electron chi connectivity index (χ4n) is 2.89. The first kappa shape index (κ1) is 14.1. The predicted molar refractivity (Wildman–Crippen MR) is 81.8 cm³/mol. The standard InChI is InChI=1S/C16H24BrN/c1-3-15(13-7-5-8-14(17)11-13)18-12-16(4-2)9-6-10-16/h5,7-8,11,15,18H,3-4,6,9-10,12H2,1-2H3. The molecule has 1 fully saturated rings. The third kappa shape index (κ3) is 3.16. The first-order chi connectivity index (χ1) is 8.69. The molecule has 0 saturated heterocycles. The molecule has 0 amide bonds. The van der Waals surface area contributed by atoms with E-state index in [0.29, 0.717) is 11.5 Å². The summed E-state index contributed by atoms with van der Waals surface area (Å²) in [7, 11) is 0. The van der Waals surface area contributed by atoms with E-state index in [2.05, 4.69) is 59.4 Å². The molecule has 0 spiro atoms. The molecule has 100 valence electrons. The van der Waals surface area contributed by atoms with Crippen molar-refractivity contribution in [2.75, 3.05) is 6.54 Å². The minimum Gasteiger partial charge on any atom is -0.309 e. The lowest BCUT2D eigenvalue weighted by Crippen LogP contribution is -2.40. The van der Waals surface area contributed by atoms with E-state index in [-0.39, 0.29) is 0 Å². The third-order valence-corrected chi connectivity index (χ3v) is 5.04. The molecule has 0 aromatic heterocycles. The van der Waals surface area contributed by atoms with Gasteiger partial charge in [0.25, 0.3) is 0 Å². The van der Waals surface area contributed by atoms with Gasteiger partial charge in [0.05, 0.1) is 0 Å². The van der Waals surface area contributed by atoms with Crippen LogP contribution in [0.5, 0.6) is 0 Å². The van der Waals surface area contributed by atoms with Gasteiger partial charge in [0.15, 0.2) is 0 Å². The van der Waals surface area contributed by atoms with E-state index in [0.717, 1.165) is 6.42 Å². The number of hydrogen-bond donors (Lipinski definition) is 1. The Morgan fingerprint density at radius 2 is 2.11 bits per heavy atom. The molecule has 2 heteroatoms. The van der Waals surface area contributed by atoms with Crippen molar-refractivity contribution in [3.63, 3.8) is 0 Å². The van der Waals surface area contributed by atoms with E-state index in [9.17, 15) is 0 Å². The number of hydrogen-bond acceptors (Lipinski definition) is 1. The second-order valence-corrected chi connectivity index (χ2v) is 6.52. The fourth-order valence-corrected chi connectivity index (χ4v) is 3.31. The molecule has 1 atom stereocenters. The lowest BCUT2D eigenvalue weighted by Gasteiger charge is -2.42. The Kier molecular flexibility index (Phi) is 4.85. The van der Waals surface area contributed by atoms with Crippen LogP contribution in [0.1, 0.15) is 57.6 Å². The zero-order valence-electron chi connectivity index (χ0n) is 11.5. The van der Waals surface area contributed by atoms with Crippen LogP contribution in [0.4, 0.5) is 0 Å². The van der Waals surface area contributed by atoms with Crippen LogP contribution in [0, 0.1) is 5.41 Å². The molecular formula is C16H24BrN. The van der Waals surface area contributed by atoms with E-state index in [1.807, 2.05) is 0 Å². The van der Waals surface area contributed by atoms with Gasteiger partial charge in [-0.15, -0.1) is 0 Å². The lowest BCUT2D eigenvalue weighted by molar-refractivity contribution is 0.118. The Bertz CT molecular complexity index is 379. The van der Waals surface area contributed by atoms with Gasteiger partial charge < -0.3 is 5.32 Å². The van der Waals surface area contributed by atoms with Gasteiger partial charge in [-0.1, -0.05) is 48.3 Å². The average molecular weight is 310 g/mol. The minimum absolute atomic E-state index is 0.492. The van der Waals surface area contributed by atoms with E-state index < -0.39 is 0 Å². The largest absolute Gasteiger partial charge is 0.309 e. The number of nitrogens with one attached hydrogen (secondary N) is 1. The van der Waals surface area contributed by atoms with Crippen LogP contribution < -0.4 is 5.32 Å². The first-order valence-corrected chi connectivity index (χ1v) is 7.97. The molecule has 1 aliphatic rings. The second kappa shape index (κ2) is 6.21. The Morgan fingerprint density at radius 1 is 1.33 bits per heavy atom. The molecule has 1 aromatic rings. The van der Waals surface area contributed by atoms with Crippen molar-refractivity contribution in [1.82, 2.24) is 5.32 Å². The summed E-state index contributed by atoms with van der Waals surface area (Å²) in [5.41, 5.74) is 2.00. The van der Waals surface area contributed by atoms with Gasteiger partial charge >= 0.3 is 0 Å². The van der Waals surface area contributed by atoms with Crippen molar-refractivity contribution in [2.45, 2.75) is 52.0 Å². The lowest BCUT2D eigenvalue weighted by atomic mass is 9.67. The Balaban J connectivity index is 1.97. The van der Waals surface area contributed by atoms with Crippen molar-refractivity contribution >= 4 is 15.9 Å². The van der Waals surface area contributed by atoms with Crippen LogP contribution in [0.2, 0.25) is 0 Å². The molecule has 0 bridgehead atoms. The van der Waals surface area contributed by atoms with Gasteiger partial charge in [-0.25, -0.2) is 0 Å². The second-order valence-electron chi connectivity index (χ2n) is 5.60. The van der Waals surface area contributed by atoms with E-state index >= 15 is 0 Å². The van der Waals surface area contributed by atoms with E-state index in [1.54, 1.807) is 0 Å². The highest BCUT2D eigenvalue weighted by atomic mass is 79.9. The van der Waals surface area contributed by atoms with Crippen molar-refractivity contribution in [3.8, 4) is 0 Å². The van der Waals surface area contributed by atoms with Crippen LogP contribution in [0.3, 0.4) is 0 Å². The van der Waals surface area contributed by atoms with Crippen molar-refractivity contribution in [3.05, 3.63) is 34.3 Å². The highest BCUT2D eigenvalue weighted by Gasteiger charge is 2.35. The fraction of sp³-hybridized carbons (Fsp3) is 0.625. The number of benzene rings is 1. The monoisotopic (exact) mass is 309 g/mol. The molecule has 0 aliphatic heterocycles. The maximum atomic E-state index is 3.79. The maximum absolute atomic E-state index is 3.79. The Hall–Kier alpha value is -0.340. The zero-order chi connectivity index (χ0) is 13.0. The quantitative estimate of drug-likeness (QED) is 0.773. The molecular weight excluding hydrogens is 286 g/mol. The van der Waals surface area contributed by atoms with Gasteiger partial charge in [0.1, 0.15) is 0 Å². The summed E-state index contributed by atoms with van der Waals surface area (Å²) in [6.45, 7) is 5.77. The molecule has 2 rings (SSSR count). The Labute approximate surface area is 119 Å². The molecule has 0 radical (unpaired) electrons. The summed E-state index contributed by atoms with van der Waals surface area (Å²) in [6, 6.07) is 9.18. The van der Waals surface area contributed by atoms with Gasteiger partial charge in [-0.2, -0.15) is 0 Å². The van der Waals surface area contributed by atoms with Crippen molar-refractivity contribution in [1.29, 1.82) is 0 Å². The van der Waals surface area contributed by atoms with Gasteiger partial charge in [0.2, 0.25) is 0 Å². The summed E-state index contributed by atoms with van der Waals surface area (Å²) < 4.78 is 1.18. The van der Waals surface area contributed by atoms with E-state index in [4.69, 9.17) is 0 Å². The average Bonchev–Trinajstić information content (AvgIpc) is 2.33. The molecule has 1 aliphatic carbocycles.